The van der Waals surface area contributed by atoms with Crippen LogP contribution in [0.1, 0.15) is 20.8 Å². The van der Waals surface area contributed by atoms with Crippen LogP contribution in [-0.2, 0) is 4.79 Å². The monoisotopic (exact) mass is 394 g/mol. The fourth-order valence-corrected chi connectivity index (χ4v) is 3.09. The maximum atomic E-state index is 13.0. The van der Waals surface area contributed by atoms with E-state index in [1.807, 2.05) is 13.8 Å². The van der Waals surface area contributed by atoms with Gasteiger partial charge in [-0.2, -0.15) is 5.10 Å². The van der Waals surface area contributed by atoms with Gasteiger partial charge in [-0.3, -0.25) is 20.4 Å². The van der Waals surface area contributed by atoms with E-state index < -0.39 is 29.3 Å². The molecule has 1 saturated heterocycles. The number of nitrogens with one attached hydrogen (secondary N) is 4. The van der Waals surface area contributed by atoms with Crippen LogP contribution in [0, 0.1) is 17.1 Å². The lowest BCUT2D eigenvalue weighted by Gasteiger charge is -2.36. The van der Waals surface area contributed by atoms with Crippen molar-refractivity contribution < 1.29 is 19.4 Å². The van der Waals surface area contributed by atoms with Crippen molar-refractivity contribution >= 4 is 23.5 Å². The van der Waals surface area contributed by atoms with Crippen LogP contribution >= 0.6 is 0 Å². The molecular formula is C18H27FN6O3. The van der Waals surface area contributed by atoms with Crippen molar-refractivity contribution in [1.29, 1.82) is 5.41 Å². The predicted octanol–water partition coefficient (Wildman–Crippen LogP) is -0.0443. The third-order valence-electron chi connectivity index (χ3n) is 4.78. The lowest BCUT2D eigenvalue weighted by molar-refractivity contribution is -0.115. The van der Waals surface area contributed by atoms with E-state index in [2.05, 4.69) is 21.1 Å². The van der Waals surface area contributed by atoms with Gasteiger partial charge in [0.1, 0.15) is 12.0 Å². The summed E-state index contributed by atoms with van der Waals surface area (Å²) < 4.78 is 13.0. The van der Waals surface area contributed by atoms with Gasteiger partial charge in [0, 0.05) is 13.6 Å². The number of hydrogen-bond donors (Lipinski definition) is 6. The van der Waals surface area contributed by atoms with Gasteiger partial charge in [-0.1, -0.05) is 13.8 Å². The molecule has 1 aromatic carbocycles. The molecule has 9 nitrogen and oxygen atoms in total. The van der Waals surface area contributed by atoms with Crippen molar-refractivity contribution in [3.63, 3.8) is 0 Å². The second-order valence-electron chi connectivity index (χ2n) is 7.25. The molecule has 10 heteroatoms. The number of hydrogen-bond acceptors (Lipinski definition) is 8. The molecule has 1 amide bonds. The van der Waals surface area contributed by atoms with Crippen LogP contribution in [0.5, 0.6) is 0 Å². The van der Waals surface area contributed by atoms with Crippen molar-refractivity contribution in [2.24, 2.45) is 11.0 Å². The van der Waals surface area contributed by atoms with Crippen LogP contribution in [-0.4, -0.2) is 59.3 Å². The van der Waals surface area contributed by atoms with Crippen LogP contribution in [0.25, 0.3) is 0 Å². The molecule has 0 spiro atoms. The van der Waals surface area contributed by atoms with Gasteiger partial charge in [0.25, 0.3) is 5.91 Å². The lowest BCUT2D eigenvalue weighted by atomic mass is 9.85. The Balaban J connectivity index is 2.13. The third kappa shape index (κ3) is 4.71. The number of rotatable bonds is 7. The van der Waals surface area contributed by atoms with Crippen LogP contribution in [0.3, 0.4) is 0 Å². The van der Waals surface area contributed by atoms with Crippen LogP contribution in [0.2, 0.25) is 0 Å². The van der Waals surface area contributed by atoms with Gasteiger partial charge in [0.05, 0.1) is 17.4 Å². The molecule has 0 saturated carbocycles. The maximum Gasteiger partial charge on any atom is 0.273 e. The molecule has 6 N–H and O–H groups in total. The Bertz CT molecular complexity index is 752. The highest BCUT2D eigenvalue weighted by Gasteiger charge is 2.52. The summed E-state index contributed by atoms with van der Waals surface area (Å²) in [5, 5.41) is 41.6. The molecule has 28 heavy (non-hydrogen) atoms. The van der Waals surface area contributed by atoms with Gasteiger partial charge in [-0.05, 0) is 37.1 Å². The van der Waals surface area contributed by atoms with Crippen molar-refractivity contribution in [2.45, 2.75) is 38.4 Å². The SMILES string of the molecule is CC(C)C1(CNC(=O)/C(C=N)=N/N(C)c2ccc(F)cc2)NC(C)(O)NC1O. The summed E-state index contributed by atoms with van der Waals surface area (Å²) in [6.45, 7) is 5.14. The summed E-state index contributed by atoms with van der Waals surface area (Å²) in [4.78, 5) is 12.5. The molecule has 1 heterocycles. The van der Waals surface area contributed by atoms with Crippen LogP contribution in [0.4, 0.5) is 10.1 Å². The number of aliphatic hydroxyl groups is 2. The van der Waals surface area contributed by atoms with E-state index in [-0.39, 0.29) is 18.2 Å². The first kappa shape index (κ1) is 21.9. The largest absolute Gasteiger partial charge is 0.376 e. The fourth-order valence-electron chi connectivity index (χ4n) is 3.09. The average molecular weight is 394 g/mol. The Kier molecular flexibility index (Phi) is 6.50. The molecule has 0 aromatic heterocycles. The number of nitrogens with zero attached hydrogens (tertiary/aromatic N) is 2. The third-order valence-corrected chi connectivity index (χ3v) is 4.78. The minimum Gasteiger partial charge on any atom is -0.376 e. The van der Waals surface area contributed by atoms with Gasteiger partial charge in [0.15, 0.2) is 11.6 Å². The zero-order valence-electron chi connectivity index (χ0n) is 16.3. The van der Waals surface area contributed by atoms with Crippen molar-refractivity contribution in [3.05, 3.63) is 30.1 Å². The Morgan fingerprint density at radius 2 is 2.07 bits per heavy atom. The van der Waals surface area contributed by atoms with E-state index in [1.165, 1.54) is 36.2 Å². The van der Waals surface area contributed by atoms with E-state index in [0.717, 1.165) is 6.21 Å². The average Bonchev–Trinajstić information content (AvgIpc) is 2.87. The normalized spacial score (nSPS) is 27.7. The molecule has 3 atom stereocenters. The molecule has 1 fully saturated rings. The summed E-state index contributed by atoms with van der Waals surface area (Å²) >= 11 is 0. The number of aliphatic hydroxyl groups excluding tert-OH is 1. The van der Waals surface area contributed by atoms with E-state index in [4.69, 9.17) is 5.41 Å². The maximum absolute atomic E-state index is 13.0. The highest BCUT2D eigenvalue weighted by molar-refractivity contribution is 6.60. The molecule has 0 aliphatic carbocycles. The first-order chi connectivity index (χ1) is 13.0. The first-order valence-corrected chi connectivity index (χ1v) is 8.85. The number of anilines is 1. The number of hydrazone groups is 1. The van der Waals surface area contributed by atoms with Crippen molar-refractivity contribution in [2.75, 3.05) is 18.6 Å². The van der Waals surface area contributed by atoms with E-state index in [1.54, 1.807) is 7.05 Å². The van der Waals surface area contributed by atoms with E-state index >= 15 is 0 Å². The summed E-state index contributed by atoms with van der Waals surface area (Å²) in [7, 11) is 1.57. The minimum absolute atomic E-state index is 0.0130. The predicted molar refractivity (Wildman–Crippen MR) is 105 cm³/mol. The Morgan fingerprint density at radius 3 is 2.54 bits per heavy atom. The topological polar surface area (TPSA) is 133 Å². The smallest absolute Gasteiger partial charge is 0.273 e. The molecular weight excluding hydrogens is 367 g/mol. The van der Waals surface area contributed by atoms with Crippen LogP contribution in [0.15, 0.2) is 29.4 Å². The van der Waals surface area contributed by atoms with E-state index in [0.29, 0.717) is 5.69 Å². The highest BCUT2D eigenvalue weighted by Crippen LogP contribution is 2.28. The molecule has 0 bridgehead atoms. The molecule has 0 radical (unpaired) electrons. The standard InChI is InChI=1S/C18H27FN6O3/c1-11(2)18(16(27)22-17(3,28)24-18)10-21-15(26)14(9-20)23-25(4)13-7-5-12(19)6-8-13/h5-9,11,16,20,22,24,27-28H,10H2,1-4H3,(H,21,26)/b20-9?,23-14+. The molecule has 1 aromatic rings. The second kappa shape index (κ2) is 8.31. The van der Waals surface area contributed by atoms with Gasteiger partial charge >= 0.3 is 0 Å². The van der Waals surface area contributed by atoms with Gasteiger partial charge in [-0.25, -0.2) is 4.39 Å². The van der Waals surface area contributed by atoms with Gasteiger partial charge in [-0.15, -0.1) is 0 Å². The van der Waals surface area contributed by atoms with Gasteiger partial charge in [0.2, 0.25) is 0 Å². The number of halogens is 1. The Labute approximate surface area is 163 Å². The Morgan fingerprint density at radius 1 is 1.46 bits per heavy atom. The molecule has 1 aliphatic heterocycles. The lowest BCUT2D eigenvalue weighted by Crippen LogP contribution is -2.62. The summed E-state index contributed by atoms with van der Waals surface area (Å²) in [5.74, 6) is -2.65. The fraction of sp³-hybridized carbons (Fsp3) is 0.500. The number of amides is 1. The number of carbonyl (C=O) groups is 1. The van der Waals surface area contributed by atoms with E-state index in [9.17, 15) is 19.4 Å². The zero-order valence-corrected chi connectivity index (χ0v) is 16.3. The Hall–Kier alpha value is -2.40. The number of carbonyl (C=O) groups excluding carboxylic acids is 1. The molecule has 1 aliphatic rings. The highest BCUT2D eigenvalue weighted by atomic mass is 19.1. The minimum atomic E-state index is -1.49. The van der Waals surface area contributed by atoms with Crippen molar-refractivity contribution in [1.82, 2.24) is 16.0 Å². The molecule has 154 valence electrons. The van der Waals surface area contributed by atoms with Crippen LogP contribution < -0.4 is 21.0 Å². The zero-order chi connectivity index (χ0) is 21.1. The first-order valence-electron chi connectivity index (χ1n) is 8.85. The second-order valence-corrected chi connectivity index (χ2v) is 7.25. The quantitative estimate of drug-likeness (QED) is 0.284. The summed E-state index contributed by atoms with van der Waals surface area (Å²) in [6, 6.07) is 5.53. The number of benzene rings is 1. The molecule has 3 unspecified atom stereocenters. The van der Waals surface area contributed by atoms with Gasteiger partial charge < -0.3 is 20.9 Å². The summed E-state index contributed by atoms with van der Waals surface area (Å²) in [6.07, 6.45) is -0.297. The van der Waals surface area contributed by atoms with Crippen molar-refractivity contribution in [3.8, 4) is 0 Å². The molecule has 2 rings (SSSR count). The summed E-state index contributed by atoms with van der Waals surface area (Å²) in [5.41, 5.74) is -0.645.